The molecule has 3 heteroatoms. The Bertz CT molecular complexity index is 590. The molecule has 0 fully saturated rings. The lowest BCUT2D eigenvalue weighted by molar-refractivity contribution is -0.142. The summed E-state index contributed by atoms with van der Waals surface area (Å²) in [5.74, 6) is -0.835. The molecular formula is C15H17NO2. The van der Waals surface area contributed by atoms with Crippen LogP contribution >= 0.6 is 0 Å². The van der Waals surface area contributed by atoms with Crippen molar-refractivity contribution in [2.24, 2.45) is 0 Å². The highest BCUT2D eigenvalue weighted by Crippen LogP contribution is 2.26. The average molecular weight is 243 g/mol. The van der Waals surface area contributed by atoms with Crippen LogP contribution in [-0.2, 0) is 4.79 Å². The molecule has 0 saturated heterocycles. The summed E-state index contributed by atoms with van der Waals surface area (Å²) in [6, 6.07) is 14.0. The molecule has 0 bridgehead atoms. The number of likely N-dealkylation sites (N-methyl/N-ethyl adjacent to an activating group) is 1. The molecular weight excluding hydrogens is 226 g/mol. The van der Waals surface area contributed by atoms with Gasteiger partial charge in [-0.1, -0.05) is 30.3 Å². The Morgan fingerprint density at radius 2 is 1.72 bits per heavy atom. The summed E-state index contributed by atoms with van der Waals surface area (Å²) < 4.78 is 0. The molecule has 0 atom stereocenters. The first kappa shape index (κ1) is 12.4. The van der Waals surface area contributed by atoms with E-state index in [9.17, 15) is 9.90 Å². The van der Waals surface area contributed by atoms with Crippen LogP contribution < -0.4 is 4.90 Å². The Morgan fingerprint density at radius 3 is 2.33 bits per heavy atom. The Hall–Kier alpha value is -2.03. The Morgan fingerprint density at radius 1 is 1.11 bits per heavy atom. The molecule has 2 rings (SSSR count). The van der Waals surface area contributed by atoms with Gasteiger partial charge in [0.1, 0.15) is 5.54 Å². The molecule has 1 N–H and O–H groups in total. The maximum absolute atomic E-state index is 11.3. The second-order valence-corrected chi connectivity index (χ2v) is 4.95. The molecule has 0 aromatic heterocycles. The molecule has 94 valence electrons. The Labute approximate surface area is 107 Å². The molecule has 0 amide bonds. The van der Waals surface area contributed by atoms with Gasteiger partial charge in [0.2, 0.25) is 0 Å². The van der Waals surface area contributed by atoms with E-state index in [0.717, 1.165) is 16.5 Å². The molecule has 18 heavy (non-hydrogen) atoms. The van der Waals surface area contributed by atoms with Gasteiger partial charge in [-0.3, -0.25) is 0 Å². The van der Waals surface area contributed by atoms with Crippen LogP contribution in [0.15, 0.2) is 42.5 Å². The number of carboxylic acid groups (broad SMARTS) is 1. The van der Waals surface area contributed by atoms with Crippen molar-refractivity contribution in [3.8, 4) is 0 Å². The minimum Gasteiger partial charge on any atom is -0.480 e. The molecule has 2 aromatic carbocycles. The van der Waals surface area contributed by atoms with Gasteiger partial charge in [-0.05, 0) is 36.8 Å². The molecule has 0 radical (unpaired) electrons. The number of rotatable bonds is 3. The van der Waals surface area contributed by atoms with E-state index in [1.165, 1.54) is 0 Å². The molecule has 0 aliphatic rings. The summed E-state index contributed by atoms with van der Waals surface area (Å²) in [5.41, 5.74) is -0.0243. The van der Waals surface area contributed by atoms with Crippen LogP contribution in [0.5, 0.6) is 0 Å². The number of nitrogens with zero attached hydrogens (tertiary/aromatic N) is 1. The van der Waals surface area contributed by atoms with Crippen LogP contribution in [0.2, 0.25) is 0 Å². The van der Waals surface area contributed by atoms with E-state index in [1.54, 1.807) is 25.8 Å². The highest BCUT2D eigenvalue weighted by atomic mass is 16.4. The number of fused-ring (bicyclic) bond motifs is 1. The molecule has 3 nitrogen and oxygen atoms in total. The van der Waals surface area contributed by atoms with Crippen molar-refractivity contribution in [3.63, 3.8) is 0 Å². The Balaban J connectivity index is 2.45. The number of anilines is 1. The van der Waals surface area contributed by atoms with Crippen LogP contribution in [0.25, 0.3) is 10.8 Å². The zero-order valence-corrected chi connectivity index (χ0v) is 10.8. The third-order valence-electron chi connectivity index (χ3n) is 3.48. The number of benzene rings is 2. The fourth-order valence-corrected chi connectivity index (χ4v) is 1.85. The third-order valence-corrected chi connectivity index (χ3v) is 3.48. The first-order valence-corrected chi connectivity index (χ1v) is 5.89. The third kappa shape index (κ3) is 2.04. The Kier molecular flexibility index (Phi) is 2.99. The summed E-state index contributed by atoms with van der Waals surface area (Å²) >= 11 is 0. The minimum atomic E-state index is -0.928. The van der Waals surface area contributed by atoms with Gasteiger partial charge in [0.15, 0.2) is 0 Å². The predicted octanol–water partition coefficient (Wildman–Crippen LogP) is 3.14. The van der Waals surface area contributed by atoms with Gasteiger partial charge in [-0.25, -0.2) is 4.79 Å². The maximum Gasteiger partial charge on any atom is 0.328 e. The van der Waals surface area contributed by atoms with Crippen molar-refractivity contribution < 1.29 is 9.90 Å². The average Bonchev–Trinajstić information content (AvgIpc) is 2.37. The SMILES string of the molecule is CN(c1ccc2ccccc2c1)C(C)(C)C(=O)O. The number of carbonyl (C=O) groups is 1. The zero-order chi connectivity index (χ0) is 13.3. The van der Waals surface area contributed by atoms with Crippen molar-refractivity contribution in [1.82, 2.24) is 0 Å². The van der Waals surface area contributed by atoms with Gasteiger partial charge < -0.3 is 10.0 Å². The van der Waals surface area contributed by atoms with Gasteiger partial charge in [0.25, 0.3) is 0 Å². The summed E-state index contributed by atoms with van der Waals surface area (Å²) in [5, 5.41) is 11.5. The van der Waals surface area contributed by atoms with Crippen molar-refractivity contribution >= 4 is 22.4 Å². The molecule has 0 unspecified atom stereocenters. The van der Waals surface area contributed by atoms with Crippen molar-refractivity contribution in [3.05, 3.63) is 42.5 Å². The topological polar surface area (TPSA) is 40.5 Å². The van der Waals surface area contributed by atoms with Crippen molar-refractivity contribution in [2.75, 3.05) is 11.9 Å². The molecule has 0 spiro atoms. The fourth-order valence-electron chi connectivity index (χ4n) is 1.85. The van der Waals surface area contributed by atoms with Crippen LogP contribution in [0.1, 0.15) is 13.8 Å². The van der Waals surface area contributed by atoms with Crippen LogP contribution in [0.4, 0.5) is 5.69 Å². The normalized spacial score (nSPS) is 11.5. The quantitative estimate of drug-likeness (QED) is 0.900. The smallest absolute Gasteiger partial charge is 0.328 e. The van der Waals surface area contributed by atoms with Gasteiger partial charge in [-0.2, -0.15) is 0 Å². The summed E-state index contributed by atoms with van der Waals surface area (Å²) in [7, 11) is 1.80. The maximum atomic E-state index is 11.3. The standard InChI is InChI=1S/C15H17NO2/c1-15(2,14(17)18)16(3)13-9-8-11-6-4-5-7-12(11)10-13/h4-10H,1-3H3,(H,17,18). The molecule has 2 aromatic rings. The number of aliphatic carboxylic acids is 1. The second-order valence-electron chi connectivity index (χ2n) is 4.95. The lowest BCUT2D eigenvalue weighted by Crippen LogP contribution is -2.48. The van der Waals surface area contributed by atoms with E-state index in [0.29, 0.717) is 0 Å². The van der Waals surface area contributed by atoms with Gasteiger partial charge in [0.05, 0.1) is 0 Å². The van der Waals surface area contributed by atoms with Gasteiger partial charge in [0, 0.05) is 12.7 Å². The minimum absolute atomic E-state index is 0.835. The van der Waals surface area contributed by atoms with Gasteiger partial charge in [-0.15, -0.1) is 0 Å². The molecule has 0 heterocycles. The van der Waals surface area contributed by atoms with Crippen LogP contribution in [0, 0.1) is 0 Å². The van der Waals surface area contributed by atoms with Crippen LogP contribution in [-0.4, -0.2) is 23.7 Å². The molecule has 0 saturated carbocycles. The second kappa shape index (κ2) is 4.33. The highest BCUT2D eigenvalue weighted by molar-refractivity contribution is 5.88. The van der Waals surface area contributed by atoms with E-state index in [2.05, 4.69) is 0 Å². The largest absolute Gasteiger partial charge is 0.480 e. The first-order valence-electron chi connectivity index (χ1n) is 5.89. The van der Waals surface area contributed by atoms with E-state index >= 15 is 0 Å². The van der Waals surface area contributed by atoms with E-state index < -0.39 is 11.5 Å². The molecule has 0 aliphatic heterocycles. The fraction of sp³-hybridized carbons (Fsp3) is 0.267. The van der Waals surface area contributed by atoms with E-state index in [-0.39, 0.29) is 0 Å². The number of hydrogen-bond donors (Lipinski definition) is 1. The van der Waals surface area contributed by atoms with E-state index in [1.807, 2.05) is 42.5 Å². The van der Waals surface area contributed by atoms with Crippen molar-refractivity contribution in [2.45, 2.75) is 19.4 Å². The summed E-state index contributed by atoms with van der Waals surface area (Å²) in [6.45, 7) is 3.40. The summed E-state index contributed by atoms with van der Waals surface area (Å²) in [6.07, 6.45) is 0. The number of carboxylic acids is 1. The van der Waals surface area contributed by atoms with Crippen LogP contribution in [0.3, 0.4) is 0 Å². The number of hydrogen-bond acceptors (Lipinski definition) is 2. The monoisotopic (exact) mass is 243 g/mol. The lowest BCUT2D eigenvalue weighted by Gasteiger charge is -2.33. The highest BCUT2D eigenvalue weighted by Gasteiger charge is 2.32. The first-order chi connectivity index (χ1) is 8.43. The summed E-state index contributed by atoms with van der Waals surface area (Å²) in [4.78, 5) is 13.0. The zero-order valence-electron chi connectivity index (χ0n) is 10.8. The molecule has 0 aliphatic carbocycles. The van der Waals surface area contributed by atoms with Crippen molar-refractivity contribution in [1.29, 1.82) is 0 Å². The predicted molar refractivity (Wildman–Crippen MR) is 74.1 cm³/mol. The van der Waals surface area contributed by atoms with E-state index in [4.69, 9.17) is 0 Å². The van der Waals surface area contributed by atoms with Gasteiger partial charge >= 0.3 is 5.97 Å². The lowest BCUT2D eigenvalue weighted by atomic mass is 10.0.